The van der Waals surface area contributed by atoms with E-state index in [2.05, 4.69) is 154 Å². The zero-order chi connectivity index (χ0) is 31.4. The topological polar surface area (TPSA) is 13.1 Å². The van der Waals surface area contributed by atoms with Crippen LogP contribution in [0.25, 0.3) is 87.6 Å². The molecule has 0 N–H and O–H groups in total. The standard InChI is InChI=1S/C46H32O/c1-27-22-43-39(32-14-10-11-19-42(32)47-43)26-37(27)45-35-17-8-6-15-33(35)44(34-16-7-9-18-36(34)45)30-20-21-31-38-23-28-12-4-5-13-29(28)24-41(38)46(2,3)40(31)25-30/h4-26H,1-3H3. The normalized spacial score (nSPS) is 13.6. The summed E-state index contributed by atoms with van der Waals surface area (Å²) in [5.74, 6) is 0. The van der Waals surface area contributed by atoms with Crippen LogP contribution in [0.1, 0.15) is 30.5 Å². The van der Waals surface area contributed by atoms with Crippen LogP contribution < -0.4 is 0 Å². The summed E-state index contributed by atoms with van der Waals surface area (Å²) >= 11 is 0. The van der Waals surface area contributed by atoms with E-state index in [4.69, 9.17) is 4.42 Å². The number of furan rings is 1. The molecule has 0 fully saturated rings. The van der Waals surface area contributed by atoms with Crippen molar-refractivity contribution in [1.29, 1.82) is 0 Å². The molecule has 1 aromatic heterocycles. The lowest BCUT2D eigenvalue weighted by Crippen LogP contribution is -2.15. The third-order valence-corrected chi connectivity index (χ3v) is 10.8. The lowest BCUT2D eigenvalue weighted by atomic mass is 9.80. The molecule has 47 heavy (non-hydrogen) atoms. The maximum absolute atomic E-state index is 6.27. The zero-order valence-electron chi connectivity index (χ0n) is 26.7. The van der Waals surface area contributed by atoms with Crippen LogP contribution in [-0.4, -0.2) is 0 Å². The smallest absolute Gasteiger partial charge is 0.135 e. The molecule has 0 bridgehead atoms. The van der Waals surface area contributed by atoms with Crippen molar-refractivity contribution >= 4 is 54.3 Å². The Balaban J connectivity index is 1.25. The fourth-order valence-electron chi connectivity index (χ4n) is 8.45. The van der Waals surface area contributed by atoms with Crippen LogP contribution in [0.5, 0.6) is 0 Å². The number of benzene rings is 8. The van der Waals surface area contributed by atoms with E-state index in [1.165, 1.54) is 82.4 Å². The highest BCUT2D eigenvalue weighted by molar-refractivity contribution is 6.22. The number of para-hydroxylation sites is 1. The number of fused-ring (bicyclic) bond motifs is 9. The van der Waals surface area contributed by atoms with Gasteiger partial charge in [0.15, 0.2) is 0 Å². The van der Waals surface area contributed by atoms with Gasteiger partial charge in [0.05, 0.1) is 0 Å². The van der Waals surface area contributed by atoms with Gasteiger partial charge in [0.1, 0.15) is 11.2 Å². The van der Waals surface area contributed by atoms with Crippen molar-refractivity contribution in [2.45, 2.75) is 26.2 Å². The molecular formula is C46H32O. The monoisotopic (exact) mass is 600 g/mol. The Morgan fingerprint density at radius 3 is 1.70 bits per heavy atom. The highest BCUT2D eigenvalue weighted by Gasteiger charge is 2.36. The van der Waals surface area contributed by atoms with E-state index >= 15 is 0 Å². The molecule has 1 aliphatic rings. The molecule has 0 radical (unpaired) electrons. The molecule has 9 aromatic rings. The number of aryl methyl sites for hydroxylation is 1. The molecule has 0 amide bonds. The minimum atomic E-state index is -0.101. The summed E-state index contributed by atoms with van der Waals surface area (Å²) in [6.07, 6.45) is 0. The SMILES string of the molecule is Cc1cc2oc3ccccc3c2cc1-c1c2ccccc2c(-c2ccc3c(c2)C(C)(C)c2cc4ccccc4cc2-3)c2ccccc12. The third-order valence-electron chi connectivity index (χ3n) is 10.8. The minimum absolute atomic E-state index is 0.101. The van der Waals surface area contributed by atoms with Gasteiger partial charge in [0.25, 0.3) is 0 Å². The molecule has 1 aliphatic carbocycles. The molecule has 1 heterocycles. The summed E-state index contributed by atoms with van der Waals surface area (Å²) in [4.78, 5) is 0. The molecule has 0 saturated heterocycles. The van der Waals surface area contributed by atoms with Crippen molar-refractivity contribution < 1.29 is 4.42 Å². The summed E-state index contributed by atoms with van der Waals surface area (Å²) in [5, 5.41) is 10.0. The second-order valence-corrected chi connectivity index (χ2v) is 13.7. The van der Waals surface area contributed by atoms with Crippen LogP contribution in [-0.2, 0) is 5.41 Å². The van der Waals surface area contributed by atoms with Crippen molar-refractivity contribution in [3.8, 4) is 33.4 Å². The summed E-state index contributed by atoms with van der Waals surface area (Å²) < 4.78 is 6.27. The Labute approximate surface area is 273 Å². The Morgan fingerprint density at radius 1 is 0.426 bits per heavy atom. The number of hydrogen-bond acceptors (Lipinski definition) is 1. The van der Waals surface area contributed by atoms with Gasteiger partial charge in [0.2, 0.25) is 0 Å². The fourth-order valence-corrected chi connectivity index (χ4v) is 8.45. The Bertz CT molecular complexity index is 2720. The van der Waals surface area contributed by atoms with E-state index in [1.807, 2.05) is 6.07 Å². The van der Waals surface area contributed by atoms with Crippen LogP contribution in [0, 0.1) is 6.92 Å². The molecule has 1 nitrogen and oxygen atoms in total. The lowest BCUT2D eigenvalue weighted by Gasteiger charge is -2.23. The second-order valence-electron chi connectivity index (χ2n) is 13.7. The van der Waals surface area contributed by atoms with Gasteiger partial charge in [-0.05, 0) is 126 Å². The van der Waals surface area contributed by atoms with Gasteiger partial charge < -0.3 is 4.42 Å². The summed E-state index contributed by atoms with van der Waals surface area (Å²) in [6, 6.07) is 51.6. The Morgan fingerprint density at radius 2 is 1.00 bits per heavy atom. The summed E-state index contributed by atoms with van der Waals surface area (Å²) in [6.45, 7) is 6.98. The van der Waals surface area contributed by atoms with Crippen LogP contribution in [0.3, 0.4) is 0 Å². The summed E-state index contributed by atoms with van der Waals surface area (Å²) in [7, 11) is 0. The van der Waals surface area contributed by atoms with E-state index in [0.717, 1.165) is 21.9 Å². The highest BCUT2D eigenvalue weighted by atomic mass is 16.3. The van der Waals surface area contributed by atoms with Gasteiger partial charge in [0, 0.05) is 16.2 Å². The molecule has 222 valence electrons. The largest absolute Gasteiger partial charge is 0.456 e. The zero-order valence-corrected chi connectivity index (χ0v) is 26.7. The molecule has 0 spiro atoms. The number of hydrogen-bond donors (Lipinski definition) is 0. The second kappa shape index (κ2) is 9.44. The van der Waals surface area contributed by atoms with Crippen molar-refractivity contribution in [2.24, 2.45) is 0 Å². The van der Waals surface area contributed by atoms with Gasteiger partial charge in [-0.25, -0.2) is 0 Å². The molecule has 1 heteroatoms. The van der Waals surface area contributed by atoms with Gasteiger partial charge in [-0.3, -0.25) is 0 Å². The van der Waals surface area contributed by atoms with Crippen LogP contribution in [0.2, 0.25) is 0 Å². The Kier molecular flexibility index (Phi) is 5.33. The highest BCUT2D eigenvalue weighted by Crippen LogP contribution is 2.52. The molecule has 0 saturated carbocycles. The first-order valence-corrected chi connectivity index (χ1v) is 16.5. The lowest BCUT2D eigenvalue weighted by molar-refractivity contribution is 0.661. The average Bonchev–Trinajstić information content (AvgIpc) is 3.56. The van der Waals surface area contributed by atoms with Gasteiger partial charge >= 0.3 is 0 Å². The van der Waals surface area contributed by atoms with Crippen LogP contribution in [0.15, 0.2) is 144 Å². The first kappa shape index (κ1) is 26.5. The predicted molar refractivity (Wildman–Crippen MR) is 199 cm³/mol. The maximum Gasteiger partial charge on any atom is 0.135 e. The minimum Gasteiger partial charge on any atom is -0.456 e. The molecule has 0 aliphatic heterocycles. The molecular weight excluding hydrogens is 569 g/mol. The predicted octanol–water partition coefficient (Wildman–Crippen LogP) is 13.0. The van der Waals surface area contributed by atoms with E-state index in [-0.39, 0.29) is 5.41 Å². The average molecular weight is 601 g/mol. The van der Waals surface area contributed by atoms with Crippen molar-refractivity contribution in [3.63, 3.8) is 0 Å². The van der Waals surface area contributed by atoms with E-state index < -0.39 is 0 Å². The van der Waals surface area contributed by atoms with E-state index in [0.29, 0.717) is 0 Å². The van der Waals surface area contributed by atoms with Crippen molar-refractivity contribution in [2.75, 3.05) is 0 Å². The van der Waals surface area contributed by atoms with E-state index in [1.54, 1.807) is 0 Å². The first-order valence-electron chi connectivity index (χ1n) is 16.5. The third kappa shape index (κ3) is 3.66. The Hall–Kier alpha value is -5.66. The van der Waals surface area contributed by atoms with Crippen molar-refractivity contribution in [1.82, 2.24) is 0 Å². The van der Waals surface area contributed by atoms with Gasteiger partial charge in [-0.2, -0.15) is 0 Å². The molecule has 0 unspecified atom stereocenters. The first-order chi connectivity index (χ1) is 23.0. The van der Waals surface area contributed by atoms with Gasteiger partial charge in [-0.1, -0.05) is 117 Å². The quantitative estimate of drug-likeness (QED) is 0.180. The molecule has 0 atom stereocenters. The van der Waals surface area contributed by atoms with Crippen LogP contribution >= 0.6 is 0 Å². The molecule has 8 aromatic carbocycles. The van der Waals surface area contributed by atoms with Crippen LogP contribution in [0.4, 0.5) is 0 Å². The fraction of sp³-hybridized carbons (Fsp3) is 0.0870. The molecule has 10 rings (SSSR count). The number of rotatable bonds is 2. The maximum atomic E-state index is 6.27. The van der Waals surface area contributed by atoms with Gasteiger partial charge in [-0.15, -0.1) is 0 Å². The van der Waals surface area contributed by atoms with Crippen molar-refractivity contribution in [3.05, 3.63) is 156 Å². The summed E-state index contributed by atoms with van der Waals surface area (Å²) in [5.41, 5.74) is 13.6. The van der Waals surface area contributed by atoms with E-state index in [9.17, 15) is 0 Å².